The highest BCUT2D eigenvalue weighted by atomic mass is 32.2. The minimum absolute atomic E-state index is 0.104. The number of sulfone groups is 1. The standard InChI is InChI=1S/C15H18O2S/c1-5-12(2)6-9-14(4)18(16,17)15-10-7-13(3)8-11-15/h5-11H,4H2,1-3H3/b9-6-,12-5-. The number of benzene rings is 1. The molecule has 0 aliphatic carbocycles. The molecule has 0 saturated heterocycles. The summed E-state index contributed by atoms with van der Waals surface area (Å²) in [4.78, 5) is 0.383. The van der Waals surface area contributed by atoms with E-state index in [1.807, 2.05) is 26.8 Å². The van der Waals surface area contributed by atoms with Crippen LogP contribution in [0.3, 0.4) is 0 Å². The van der Waals surface area contributed by atoms with Crippen molar-refractivity contribution in [3.8, 4) is 0 Å². The van der Waals surface area contributed by atoms with Gasteiger partial charge in [0.05, 0.1) is 9.80 Å². The van der Waals surface area contributed by atoms with Gasteiger partial charge in [0.15, 0.2) is 0 Å². The van der Waals surface area contributed by atoms with Crippen LogP contribution in [0.4, 0.5) is 0 Å². The molecule has 0 atom stereocenters. The van der Waals surface area contributed by atoms with Gasteiger partial charge in [0.25, 0.3) is 0 Å². The van der Waals surface area contributed by atoms with E-state index >= 15 is 0 Å². The highest BCUT2D eigenvalue weighted by Crippen LogP contribution is 2.19. The van der Waals surface area contributed by atoms with Crippen LogP contribution < -0.4 is 0 Å². The Morgan fingerprint density at radius 3 is 2.22 bits per heavy atom. The Morgan fingerprint density at radius 2 is 1.72 bits per heavy atom. The van der Waals surface area contributed by atoms with Crippen molar-refractivity contribution in [2.75, 3.05) is 0 Å². The van der Waals surface area contributed by atoms with E-state index in [0.29, 0.717) is 0 Å². The molecular formula is C15H18O2S. The number of rotatable bonds is 4. The van der Waals surface area contributed by atoms with Crippen molar-refractivity contribution in [2.45, 2.75) is 25.7 Å². The summed E-state index contributed by atoms with van der Waals surface area (Å²) in [5, 5.41) is 0. The van der Waals surface area contributed by atoms with E-state index in [1.165, 1.54) is 6.08 Å². The SMILES string of the molecule is C=C(/C=C\C(C)=C/C)S(=O)(=O)c1ccc(C)cc1. The second-order valence-electron chi connectivity index (χ2n) is 4.15. The summed E-state index contributed by atoms with van der Waals surface area (Å²) in [6, 6.07) is 6.76. The molecule has 18 heavy (non-hydrogen) atoms. The minimum atomic E-state index is -3.47. The maximum Gasteiger partial charge on any atom is 0.206 e. The zero-order valence-corrected chi connectivity index (χ0v) is 11.8. The molecule has 3 heteroatoms. The minimum Gasteiger partial charge on any atom is -0.219 e. The van der Waals surface area contributed by atoms with Crippen LogP contribution in [0, 0.1) is 6.92 Å². The third kappa shape index (κ3) is 3.44. The molecule has 0 spiro atoms. The molecule has 0 aromatic heterocycles. The fourth-order valence-electron chi connectivity index (χ4n) is 1.28. The first-order valence-electron chi connectivity index (χ1n) is 5.69. The lowest BCUT2D eigenvalue weighted by Crippen LogP contribution is -2.02. The molecule has 0 N–H and O–H groups in total. The fraction of sp³-hybridized carbons (Fsp3) is 0.200. The third-order valence-electron chi connectivity index (χ3n) is 2.66. The number of hydrogen-bond donors (Lipinski definition) is 0. The van der Waals surface area contributed by atoms with E-state index in [9.17, 15) is 8.42 Å². The van der Waals surface area contributed by atoms with Crippen LogP contribution in [0.25, 0.3) is 0 Å². The molecule has 0 aliphatic heterocycles. The zero-order chi connectivity index (χ0) is 13.8. The van der Waals surface area contributed by atoms with Gasteiger partial charge < -0.3 is 0 Å². The Kier molecular flexibility index (Phi) is 4.68. The van der Waals surface area contributed by atoms with Crippen LogP contribution >= 0.6 is 0 Å². The second kappa shape index (κ2) is 5.83. The lowest BCUT2D eigenvalue weighted by atomic mass is 10.2. The van der Waals surface area contributed by atoms with Gasteiger partial charge >= 0.3 is 0 Å². The van der Waals surface area contributed by atoms with Gasteiger partial charge in [0.2, 0.25) is 9.84 Å². The first-order chi connectivity index (χ1) is 8.37. The molecule has 2 nitrogen and oxygen atoms in total. The van der Waals surface area contributed by atoms with E-state index in [1.54, 1.807) is 30.3 Å². The Morgan fingerprint density at radius 1 is 1.17 bits per heavy atom. The van der Waals surface area contributed by atoms with Crippen molar-refractivity contribution >= 4 is 9.84 Å². The lowest BCUT2D eigenvalue weighted by Gasteiger charge is -2.04. The van der Waals surface area contributed by atoms with Gasteiger partial charge in [-0.05, 0) is 39.0 Å². The summed E-state index contributed by atoms with van der Waals surface area (Å²) in [7, 11) is -3.47. The zero-order valence-electron chi connectivity index (χ0n) is 11.0. The highest BCUT2D eigenvalue weighted by molar-refractivity contribution is 7.95. The van der Waals surface area contributed by atoms with E-state index in [2.05, 4.69) is 6.58 Å². The summed E-state index contributed by atoms with van der Waals surface area (Å²) in [5.41, 5.74) is 2.02. The molecule has 96 valence electrons. The van der Waals surface area contributed by atoms with Crippen molar-refractivity contribution in [2.24, 2.45) is 0 Å². The summed E-state index contributed by atoms with van der Waals surface area (Å²) in [6.07, 6.45) is 5.18. The van der Waals surface area contributed by atoms with Crippen molar-refractivity contribution in [1.29, 1.82) is 0 Å². The summed E-state index contributed by atoms with van der Waals surface area (Å²) in [5.74, 6) is 0. The van der Waals surface area contributed by atoms with Crippen LogP contribution in [0.5, 0.6) is 0 Å². The quantitative estimate of drug-likeness (QED) is 0.773. The maximum atomic E-state index is 12.2. The van der Waals surface area contributed by atoms with Crippen LogP contribution in [-0.2, 0) is 9.84 Å². The van der Waals surface area contributed by atoms with Crippen molar-refractivity contribution in [3.05, 3.63) is 65.1 Å². The monoisotopic (exact) mass is 262 g/mol. The van der Waals surface area contributed by atoms with Crippen LogP contribution in [0.1, 0.15) is 19.4 Å². The van der Waals surface area contributed by atoms with E-state index in [0.717, 1.165) is 11.1 Å². The maximum absolute atomic E-state index is 12.2. The molecule has 0 amide bonds. The average molecular weight is 262 g/mol. The topological polar surface area (TPSA) is 34.1 Å². The molecule has 0 heterocycles. The van der Waals surface area contributed by atoms with Gasteiger partial charge in [-0.1, -0.05) is 42.0 Å². The Hall–Kier alpha value is -1.61. The molecule has 0 saturated carbocycles. The molecule has 1 aromatic carbocycles. The predicted octanol–water partition coefficient (Wildman–Crippen LogP) is 3.80. The number of hydrogen-bond acceptors (Lipinski definition) is 2. The summed E-state index contributed by atoms with van der Waals surface area (Å²) < 4.78 is 24.3. The van der Waals surface area contributed by atoms with Gasteiger partial charge in [-0.2, -0.15) is 0 Å². The van der Waals surface area contributed by atoms with Gasteiger partial charge in [-0.3, -0.25) is 0 Å². The van der Waals surface area contributed by atoms with E-state index in [4.69, 9.17) is 0 Å². The molecular weight excluding hydrogens is 244 g/mol. The van der Waals surface area contributed by atoms with Gasteiger partial charge in [0.1, 0.15) is 0 Å². The van der Waals surface area contributed by atoms with Gasteiger partial charge in [0, 0.05) is 0 Å². The van der Waals surface area contributed by atoms with Crippen LogP contribution in [-0.4, -0.2) is 8.42 Å². The second-order valence-corrected chi connectivity index (χ2v) is 6.15. The molecule has 0 bridgehead atoms. The largest absolute Gasteiger partial charge is 0.219 e. The van der Waals surface area contributed by atoms with Gasteiger partial charge in [-0.25, -0.2) is 8.42 Å². The Labute approximate surface area is 109 Å². The predicted molar refractivity (Wildman–Crippen MR) is 76.1 cm³/mol. The third-order valence-corrected chi connectivity index (χ3v) is 4.38. The summed E-state index contributed by atoms with van der Waals surface area (Å²) in [6.45, 7) is 9.35. The number of aryl methyl sites for hydroxylation is 1. The normalized spacial score (nSPS) is 12.9. The van der Waals surface area contributed by atoms with Crippen LogP contribution in [0.2, 0.25) is 0 Å². The van der Waals surface area contributed by atoms with Crippen molar-refractivity contribution < 1.29 is 8.42 Å². The first-order valence-corrected chi connectivity index (χ1v) is 7.18. The van der Waals surface area contributed by atoms with Crippen LogP contribution in [0.15, 0.2) is 64.4 Å². The smallest absolute Gasteiger partial charge is 0.206 e. The van der Waals surface area contributed by atoms with E-state index in [-0.39, 0.29) is 9.80 Å². The summed E-state index contributed by atoms with van der Waals surface area (Å²) >= 11 is 0. The van der Waals surface area contributed by atoms with Gasteiger partial charge in [-0.15, -0.1) is 0 Å². The molecule has 0 radical (unpaired) electrons. The molecule has 0 aliphatic rings. The number of allylic oxidation sites excluding steroid dienone is 4. The highest BCUT2D eigenvalue weighted by Gasteiger charge is 2.16. The lowest BCUT2D eigenvalue weighted by molar-refractivity contribution is 0.603. The first kappa shape index (κ1) is 14.5. The Balaban J connectivity index is 3.04. The van der Waals surface area contributed by atoms with Crippen molar-refractivity contribution in [3.63, 3.8) is 0 Å². The van der Waals surface area contributed by atoms with Crippen molar-refractivity contribution in [1.82, 2.24) is 0 Å². The van der Waals surface area contributed by atoms with E-state index < -0.39 is 9.84 Å². The average Bonchev–Trinajstić information content (AvgIpc) is 2.35. The molecule has 1 aromatic rings. The molecule has 0 unspecified atom stereocenters. The Bertz CT molecular complexity index is 588. The molecule has 1 rings (SSSR count). The fourth-order valence-corrected chi connectivity index (χ4v) is 2.32. The molecule has 0 fully saturated rings.